The standard InChI is InChI=1S/C11H13F3O2/c1-8-3-4-9(11(12,13)14)7-10(8)16-6-5-15-2/h3-4,7H,5-6H2,1-2H3. The lowest BCUT2D eigenvalue weighted by Gasteiger charge is -2.12. The highest BCUT2D eigenvalue weighted by Gasteiger charge is 2.30. The van der Waals surface area contributed by atoms with E-state index in [9.17, 15) is 13.2 Å². The maximum atomic E-state index is 12.4. The van der Waals surface area contributed by atoms with Gasteiger partial charge in [-0.2, -0.15) is 13.2 Å². The van der Waals surface area contributed by atoms with Crippen LogP contribution in [-0.2, 0) is 10.9 Å². The molecule has 0 saturated carbocycles. The Morgan fingerprint density at radius 2 is 1.88 bits per heavy atom. The van der Waals surface area contributed by atoms with Gasteiger partial charge in [0.25, 0.3) is 0 Å². The zero-order valence-corrected chi connectivity index (χ0v) is 9.10. The molecule has 0 spiro atoms. The van der Waals surface area contributed by atoms with Crippen molar-refractivity contribution >= 4 is 0 Å². The summed E-state index contributed by atoms with van der Waals surface area (Å²) in [5, 5.41) is 0. The Labute approximate surface area is 92.0 Å². The molecule has 0 bridgehead atoms. The smallest absolute Gasteiger partial charge is 0.416 e. The van der Waals surface area contributed by atoms with Gasteiger partial charge in [-0.05, 0) is 24.6 Å². The molecule has 0 radical (unpaired) electrons. The van der Waals surface area contributed by atoms with E-state index in [2.05, 4.69) is 0 Å². The average Bonchev–Trinajstić information content (AvgIpc) is 2.19. The molecule has 1 aromatic rings. The summed E-state index contributed by atoms with van der Waals surface area (Å²) in [7, 11) is 1.50. The van der Waals surface area contributed by atoms with Gasteiger partial charge in [0, 0.05) is 7.11 Å². The number of hydrogen-bond donors (Lipinski definition) is 0. The molecule has 0 saturated heterocycles. The summed E-state index contributed by atoms with van der Waals surface area (Å²) in [6.45, 7) is 2.27. The fourth-order valence-electron chi connectivity index (χ4n) is 1.17. The minimum Gasteiger partial charge on any atom is -0.491 e. The summed E-state index contributed by atoms with van der Waals surface area (Å²) >= 11 is 0. The van der Waals surface area contributed by atoms with Gasteiger partial charge in [-0.1, -0.05) is 6.07 Å². The molecule has 0 atom stereocenters. The lowest BCUT2D eigenvalue weighted by molar-refractivity contribution is -0.137. The molecule has 1 rings (SSSR count). The molecule has 0 amide bonds. The van der Waals surface area contributed by atoms with E-state index >= 15 is 0 Å². The highest BCUT2D eigenvalue weighted by molar-refractivity contribution is 5.37. The van der Waals surface area contributed by atoms with E-state index in [0.29, 0.717) is 12.2 Å². The lowest BCUT2D eigenvalue weighted by Crippen LogP contribution is -2.08. The predicted octanol–water partition coefficient (Wildman–Crippen LogP) is 3.04. The van der Waals surface area contributed by atoms with Crippen molar-refractivity contribution in [1.82, 2.24) is 0 Å². The van der Waals surface area contributed by atoms with E-state index in [1.54, 1.807) is 6.92 Å². The van der Waals surface area contributed by atoms with Gasteiger partial charge >= 0.3 is 6.18 Å². The quantitative estimate of drug-likeness (QED) is 0.745. The summed E-state index contributed by atoms with van der Waals surface area (Å²) in [4.78, 5) is 0. The maximum absolute atomic E-state index is 12.4. The first kappa shape index (κ1) is 12.8. The third-order valence-corrected chi connectivity index (χ3v) is 2.06. The molecule has 90 valence electrons. The first-order valence-corrected chi connectivity index (χ1v) is 4.74. The second kappa shape index (κ2) is 5.21. The summed E-state index contributed by atoms with van der Waals surface area (Å²) < 4.78 is 47.2. The van der Waals surface area contributed by atoms with E-state index < -0.39 is 11.7 Å². The van der Waals surface area contributed by atoms with Crippen molar-refractivity contribution in [2.45, 2.75) is 13.1 Å². The van der Waals surface area contributed by atoms with Crippen molar-refractivity contribution in [3.05, 3.63) is 29.3 Å². The van der Waals surface area contributed by atoms with Gasteiger partial charge in [-0.25, -0.2) is 0 Å². The van der Waals surface area contributed by atoms with Crippen LogP contribution in [0.1, 0.15) is 11.1 Å². The fourth-order valence-corrected chi connectivity index (χ4v) is 1.17. The Balaban J connectivity index is 2.83. The van der Waals surface area contributed by atoms with Crippen molar-refractivity contribution in [3.8, 4) is 5.75 Å². The number of aryl methyl sites for hydroxylation is 1. The number of methoxy groups -OCH3 is 1. The number of ether oxygens (including phenoxy) is 2. The molecule has 0 aliphatic heterocycles. The van der Waals surface area contributed by atoms with Gasteiger partial charge in [-0.15, -0.1) is 0 Å². The molecule has 0 aliphatic carbocycles. The van der Waals surface area contributed by atoms with Crippen molar-refractivity contribution in [3.63, 3.8) is 0 Å². The normalized spacial score (nSPS) is 11.6. The topological polar surface area (TPSA) is 18.5 Å². The second-order valence-electron chi connectivity index (χ2n) is 3.32. The fraction of sp³-hybridized carbons (Fsp3) is 0.455. The summed E-state index contributed by atoms with van der Waals surface area (Å²) in [5.41, 5.74) is -0.0328. The Kier molecular flexibility index (Phi) is 4.18. The van der Waals surface area contributed by atoms with Crippen molar-refractivity contribution < 1.29 is 22.6 Å². The summed E-state index contributed by atoms with van der Waals surface area (Å²) in [6.07, 6.45) is -4.34. The van der Waals surface area contributed by atoms with Crippen LogP contribution in [-0.4, -0.2) is 20.3 Å². The van der Waals surface area contributed by atoms with Gasteiger partial charge in [0.05, 0.1) is 12.2 Å². The third kappa shape index (κ3) is 3.41. The molecular formula is C11H13F3O2. The molecule has 0 aliphatic rings. The Bertz CT molecular complexity index is 348. The summed E-state index contributed by atoms with van der Waals surface area (Å²) in [5.74, 6) is 0.242. The number of benzene rings is 1. The van der Waals surface area contributed by atoms with Gasteiger partial charge in [0.2, 0.25) is 0 Å². The van der Waals surface area contributed by atoms with Crippen LogP contribution in [0.4, 0.5) is 13.2 Å². The molecule has 0 heterocycles. The molecule has 0 N–H and O–H groups in total. The first-order valence-electron chi connectivity index (χ1n) is 4.74. The lowest BCUT2D eigenvalue weighted by atomic mass is 10.1. The van der Waals surface area contributed by atoms with Crippen molar-refractivity contribution in [2.24, 2.45) is 0 Å². The second-order valence-corrected chi connectivity index (χ2v) is 3.32. The van der Waals surface area contributed by atoms with Crippen LogP contribution in [0.25, 0.3) is 0 Å². The number of hydrogen-bond acceptors (Lipinski definition) is 2. The molecule has 0 aromatic heterocycles. The number of halogens is 3. The van der Waals surface area contributed by atoms with E-state index in [4.69, 9.17) is 9.47 Å². The monoisotopic (exact) mass is 234 g/mol. The third-order valence-electron chi connectivity index (χ3n) is 2.06. The molecule has 1 aromatic carbocycles. The average molecular weight is 234 g/mol. The number of alkyl halides is 3. The Hall–Kier alpha value is -1.23. The van der Waals surface area contributed by atoms with Crippen LogP contribution in [0.5, 0.6) is 5.75 Å². The highest BCUT2D eigenvalue weighted by atomic mass is 19.4. The Morgan fingerprint density at radius 3 is 2.44 bits per heavy atom. The minimum absolute atomic E-state index is 0.235. The maximum Gasteiger partial charge on any atom is 0.416 e. The van der Waals surface area contributed by atoms with Gasteiger partial charge in [-0.3, -0.25) is 0 Å². The van der Waals surface area contributed by atoms with E-state index in [-0.39, 0.29) is 12.4 Å². The van der Waals surface area contributed by atoms with Crippen molar-refractivity contribution in [2.75, 3.05) is 20.3 Å². The van der Waals surface area contributed by atoms with Gasteiger partial charge in [0.1, 0.15) is 12.4 Å². The molecule has 16 heavy (non-hydrogen) atoms. The minimum atomic E-state index is -4.34. The van der Waals surface area contributed by atoms with Crippen LogP contribution >= 0.6 is 0 Å². The van der Waals surface area contributed by atoms with Crippen molar-refractivity contribution in [1.29, 1.82) is 0 Å². The zero-order valence-electron chi connectivity index (χ0n) is 9.10. The SMILES string of the molecule is COCCOc1cc(C(F)(F)F)ccc1C. The van der Waals surface area contributed by atoms with Crippen LogP contribution in [0.15, 0.2) is 18.2 Å². The number of rotatable bonds is 4. The van der Waals surface area contributed by atoms with Crippen LogP contribution in [0.2, 0.25) is 0 Å². The molecule has 0 fully saturated rings. The van der Waals surface area contributed by atoms with Gasteiger partial charge in [0.15, 0.2) is 0 Å². The molecule has 5 heteroatoms. The van der Waals surface area contributed by atoms with E-state index in [1.807, 2.05) is 0 Å². The van der Waals surface area contributed by atoms with Crippen LogP contribution in [0.3, 0.4) is 0 Å². The summed E-state index contributed by atoms with van der Waals surface area (Å²) in [6, 6.07) is 3.44. The Morgan fingerprint density at radius 1 is 1.19 bits per heavy atom. The van der Waals surface area contributed by atoms with Crippen LogP contribution in [0, 0.1) is 6.92 Å². The molecular weight excluding hydrogens is 221 g/mol. The molecule has 2 nitrogen and oxygen atoms in total. The van der Waals surface area contributed by atoms with E-state index in [0.717, 1.165) is 12.1 Å². The van der Waals surface area contributed by atoms with E-state index in [1.165, 1.54) is 13.2 Å². The van der Waals surface area contributed by atoms with Crippen LogP contribution < -0.4 is 4.74 Å². The largest absolute Gasteiger partial charge is 0.491 e. The molecule has 0 unspecified atom stereocenters. The predicted molar refractivity (Wildman–Crippen MR) is 53.6 cm³/mol. The first-order chi connectivity index (χ1) is 7.45. The van der Waals surface area contributed by atoms with Gasteiger partial charge < -0.3 is 9.47 Å². The highest BCUT2D eigenvalue weighted by Crippen LogP contribution is 2.32. The zero-order chi connectivity index (χ0) is 12.2.